The Bertz CT molecular complexity index is 251. The lowest BCUT2D eigenvalue weighted by atomic mass is 9.94. The van der Waals surface area contributed by atoms with Crippen LogP contribution in [0.3, 0.4) is 0 Å². The Morgan fingerprint density at radius 2 is 1.72 bits per heavy atom. The summed E-state index contributed by atoms with van der Waals surface area (Å²) in [5.74, 6) is 0.236. The van der Waals surface area contributed by atoms with Crippen molar-refractivity contribution in [3.8, 4) is 0 Å². The van der Waals surface area contributed by atoms with E-state index in [1.165, 1.54) is 0 Å². The zero-order valence-corrected chi connectivity index (χ0v) is 12.1. The summed E-state index contributed by atoms with van der Waals surface area (Å²) >= 11 is 0. The van der Waals surface area contributed by atoms with E-state index in [2.05, 4.69) is 18.7 Å². The molecule has 1 aliphatic rings. The van der Waals surface area contributed by atoms with Gasteiger partial charge < -0.3 is 10.0 Å². The Hall–Kier alpha value is -0.610. The lowest BCUT2D eigenvalue weighted by Crippen LogP contribution is -2.47. The highest BCUT2D eigenvalue weighted by atomic mass is 16.3. The minimum absolute atomic E-state index is 0.236. The van der Waals surface area contributed by atoms with E-state index < -0.39 is 5.60 Å². The molecular weight excluding hydrogens is 228 g/mol. The Labute approximate surface area is 111 Å². The summed E-state index contributed by atoms with van der Waals surface area (Å²) in [7, 11) is 0. The molecule has 1 rings (SSSR count). The first-order chi connectivity index (χ1) is 8.48. The maximum atomic E-state index is 12.2. The molecule has 4 nitrogen and oxygen atoms in total. The largest absolute Gasteiger partial charge is 0.390 e. The van der Waals surface area contributed by atoms with Gasteiger partial charge in [0.15, 0.2) is 0 Å². The van der Waals surface area contributed by atoms with Gasteiger partial charge in [-0.3, -0.25) is 9.69 Å². The standard InChI is InChI=1S/C14H28N2O2/c1-4-8-16(9-5-2)13(17)12-15-10-6-14(3,18)7-11-15/h18H,4-12H2,1-3H3. The van der Waals surface area contributed by atoms with Crippen molar-refractivity contribution in [2.24, 2.45) is 0 Å². The summed E-state index contributed by atoms with van der Waals surface area (Å²) < 4.78 is 0. The molecule has 1 fully saturated rings. The summed E-state index contributed by atoms with van der Waals surface area (Å²) in [6.45, 7) is 9.97. The molecule has 0 aliphatic carbocycles. The van der Waals surface area contributed by atoms with E-state index in [1.54, 1.807) is 0 Å². The van der Waals surface area contributed by atoms with Crippen molar-refractivity contribution in [2.45, 2.75) is 52.1 Å². The van der Waals surface area contributed by atoms with Gasteiger partial charge in [-0.25, -0.2) is 0 Å². The van der Waals surface area contributed by atoms with Gasteiger partial charge in [0.05, 0.1) is 12.1 Å². The van der Waals surface area contributed by atoms with E-state index >= 15 is 0 Å². The van der Waals surface area contributed by atoms with Crippen molar-refractivity contribution in [2.75, 3.05) is 32.7 Å². The van der Waals surface area contributed by atoms with E-state index in [0.29, 0.717) is 6.54 Å². The maximum absolute atomic E-state index is 12.2. The number of nitrogens with zero attached hydrogens (tertiary/aromatic N) is 2. The molecule has 0 bridgehead atoms. The number of aliphatic hydroxyl groups is 1. The number of amides is 1. The van der Waals surface area contributed by atoms with Crippen LogP contribution in [0.2, 0.25) is 0 Å². The molecule has 0 unspecified atom stereocenters. The van der Waals surface area contributed by atoms with E-state index in [4.69, 9.17) is 0 Å². The Morgan fingerprint density at radius 3 is 2.17 bits per heavy atom. The first-order valence-electron chi connectivity index (χ1n) is 7.21. The summed E-state index contributed by atoms with van der Waals surface area (Å²) in [5, 5.41) is 9.88. The zero-order chi connectivity index (χ0) is 13.6. The molecule has 0 atom stereocenters. The summed E-state index contributed by atoms with van der Waals surface area (Å²) in [6.07, 6.45) is 3.56. The monoisotopic (exact) mass is 256 g/mol. The smallest absolute Gasteiger partial charge is 0.236 e. The molecule has 18 heavy (non-hydrogen) atoms. The first-order valence-corrected chi connectivity index (χ1v) is 7.21. The molecule has 0 radical (unpaired) electrons. The minimum Gasteiger partial charge on any atom is -0.390 e. The fraction of sp³-hybridized carbons (Fsp3) is 0.929. The average molecular weight is 256 g/mol. The van der Waals surface area contributed by atoms with Crippen LogP contribution in [0, 0.1) is 0 Å². The molecule has 1 N–H and O–H groups in total. The van der Waals surface area contributed by atoms with Crippen LogP contribution in [0.5, 0.6) is 0 Å². The zero-order valence-electron chi connectivity index (χ0n) is 12.1. The predicted octanol–water partition coefficient (Wildman–Crippen LogP) is 1.48. The number of likely N-dealkylation sites (tertiary alicyclic amines) is 1. The van der Waals surface area contributed by atoms with Crippen LogP contribution in [0.15, 0.2) is 0 Å². The topological polar surface area (TPSA) is 43.8 Å². The van der Waals surface area contributed by atoms with Gasteiger partial charge in [0.2, 0.25) is 5.91 Å². The van der Waals surface area contributed by atoms with Gasteiger partial charge in [-0.15, -0.1) is 0 Å². The molecule has 106 valence electrons. The first kappa shape index (κ1) is 15.4. The van der Waals surface area contributed by atoms with E-state index in [0.717, 1.165) is 51.9 Å². The molecule has 4 heteroatoms. The normalized spacial score (nSPS) is 19.8. The van der Waals surface area contributed by atoms with Gasteiger partial charge in [0.1, 0.15) is 0 Å². The van der Waals surface area contributed by atoms with Crippen LogP contribution in [-0.4, -0.2) is 59.1 Å². The van der Waals surface area contributed by atoms with Crippen molar-refractivity contribution < 1.29 is 9.90 Å². The van der Waals surface area contributed by atoms with Gasteiger partial charge in [-0.2, -0.15) is 0 Å². The Morgan fingerprint density at radius 1 is 1.22 bits per heavy atom. The van der Waals surface area contributed by atoms with Gasteiger partial charge in [-0.05, 0) is 32.6 Å². The number of carbonyl (C=O) groups is 1. The molecular formula is C14H28N2O2. The Kier molecular flexibility index (Phi) is 6.09. The van der Waals surface area contributed by atoms with Gasteiger partial charge in [0.25, 0.3) is 0 Å². The maximum Gasteiger partial charge on any atom is 0.236 e. The van der Waals surface area contributed by atoms with Crippen LogP contribution in [0.4, 0.5) is 0 Å². The molecule has 1 saturated heterocycles. The van der Waals surface area contributed by atoms with Crippen LogP contribution in [-0.2, 0) is 4.79 Å². The van der Waals surface area contributed by atoms with Gasteiger partial charge in [0, 0.05) is 26.2 Å². The second-order valence-electron chi connectivity index (χ2n) is 5.65. The van der Waals surface area contributed by atoms with Crippen LogP contribution >= 0.6 is 0 Å². The van der Waals surface area contributed by atoms with Crippen LogP contribution in [0.1, 0.15) is 46.5 Å². The number of carbonyl (C=O) groups excluding carboxylic acids is 1. The van der Waals surface area contributed by atoms with Crippen LogP contribution in [0.25, 0.3) is 0 Å². The molecule has 1 heterocycles. The second kappa shape index (κ2) is 7.10. The lowest BCUT2D eigenvalue weighted by molar-refractivity contribution is -0.133. The third kappa shape index (κ3) is 4.94. The molecule has 0 aromatic carbocycles. The van der Waals surface area contributed by atoms with Crippen molar-refractivity contribution in [1.82, 2.24) is 9.80 Å². The van der Waals surface area contributed by atoms with Crippen molar-refractivity contribution in [3.63, 3.8) is 0 Å². The van der Waals surface area contributed by atoms with Crippen LogP contribution < -0.4 is 0 Å². The SMILES string of the molecule is CCCN(CCC)C(=O)CN1CCC(C)(O)CC1. The summed E-state index contributed by atoms with van der Waals surface area (Å²) in [5.41, 5.74) is -0.536. The van der Waals surface area contributed by atoms with Crippen molar-refractivity contribution in [3.05, 3.63) is 0 Å². The molecule has 0 aromatic rings. The van der Waals surface area contributed by atoms with Gasteiger partial charge in [-0.1, -0.05) is 13.8 Å². The number of piperidine rings is 1. The number of hydrogen-bond donors (Lipinski definition) is 1. The number of rotatable bonds is 6. The second-order valence-corrected chi connectivity index (χ2v) is 5.65. The summed E-state index contributed by atoms with van der Waals surface area (Å²) in [6, 6.07) is 0. The van der Waals surface area contributed by atoms with E-state index in [1.807, 2.05) is 11.8 Å². The average Bonchev–Trinajstić information content (AvgIpc) is 2.31. The van der Waals surface area contributed by atoms with Crippen molar-refractivity contribution in [1.29, 1.82) is 0 Å². The minimum atomic E-state index is -0.536. The highest BCUT2D eigenvalue weighted by Gasteiger charge is 2.28. The fourth-order valence-corrected chi connectivity index (χ4v) is 2.39. The molecule has 0 saturated carbocycles. The van der Waals surface area contributed by atoms with E-state index in [-0.39, 0.29) is 5.91 Å². The highest BCUT2D eigenvalue weighted by molar-refractivity contribution is 5.78. The Balaban J connectivity index is 2.39. The van der Waals surface area contributed by atoms with E-state index in [9.17, 15) is 9.90 Å². The lowest BCUT2D eigenvalue weighted by Gasteiger charge is -2.36. The number of hydrogen-bond acceptors (Lipinski definition) is 3. The quantitative estimate of drug-likeness (QED) is 0.783. The van der Waals surface area contributed by atoms with Crippen molar-refractivity contribution >= 4 is 5.91 Å². The third-order valence-electron chi connectivity index (χ3n) is 3.63. The molecule has 1 amide bonds. The summed E-state index contributed by atoms with van der Waals surface area (Å²) in [4.78, 5) is 16.3. The third-order valence-corrected chi connectivity index (χ3v) is 3.63. The molecule has 0 spiro atoms. The fourth-order valence-electron chi connectivity index (χ4n) is 2.39. The predicted molar refractivity (Wildman–Crippen MR) is 73.5 cm³/mol. The van der Waals surface area contributed by atoms with Gasteiger partial charge >= 0.3 is 0 Å². The highest BCUT2D eigenvalue weighted by Crippen LogP contribution is 2.20. The molecule has 1 aliphatic heterocycles. The molecule has 0 aromatic heterocycles.